The standard InChI is InChI=1S/C10H19NO2.C10H18O.C2H6O.H2/c11-10(12)7-4-8-13-9-5-2-1-3-6-9;1-8(2)10(11)9-6-4-3-5-7-9;1-2-3;/h9H,1-8H2,(H2,11,12);8-9H,3-7H2,1-2H3;3H,2H2,1H3;1H. The molecule has 0 aromatic heterocycles. The second-order valence-corrected chi connectivity index (χ2v) is 7.91. The molecule has 27 heavy (non-hydrogen) atoms. The summed E-state index contributed by atoms with van der Waals surface area (Å²) in [6.45, 7) is 6.64. The molecule has 0 saturated heterocycles. The second kappa shape index (κ2) is 17.2. The fourth-order valence-electron chi connectivity index (χ4n) is 3.59. The number of primary amides is 1. The van der Waals surface area contributed by atoms with Crippen molar-refractivity contribution in [1.82, 2.24) is 0 Å². The van der Waals surface area contributed by atoms with E-state index in [0.717, 1.165) is 19.3 Å². The minimum atomic E-state index is -0.229. The lowest BCUT2D eigenvalue weighted by Gasteiger charge is -2.21. The molecule has 5 nitrogen and oxygen atoms in total. The van der Waals surface area contributed by atoms with Crippen molar-refractivity contribution in [2.24, 2.45) is 17.6 Å². The monoisotopic (exact) mass is 387 g/mol. The molecule has 1 amide bonds. The molecule has 0 aromatic rings. The van der Waals surface area contributed by atoms with Crippen molar-refractivity contribution in [3.05, 3.63) is 0 Å². The normalized spacial score (nSPS) is 18.1. The molecule has 5 heteroatoms. The Morgan fingerprint density at radius 1 is 1.04 bits per heavy atom. The molecule has 0 spiro atoms. The van der Waals surface area contributed by atoms with E-state index in [1.807, 2.05) is 13.8 Å². The van der Waals surface area contributed by atoms with Crippen molar-refractivity contribution in [2.45, 2.75) is 104 Å². The molecule has 0 aliphatic heterocycles. The van der Waals surface area contributed by atoms with Crippen molar-refractivity contribution in [3.8, 4) is 0 Å². The van der Waals surface area contributed by atoms with E-state index in [2.05, 4.69) is 0 Å². The smallest absolute Gasteiger partial charge is 0.217 e. The first-order chi connectivity index (χ1) is 12.9. The van der Waals surface area contributed by atoms with Crippen molar-refractivity contribution in [2.75, 3.05) is 13.2 Å². The number of nitrogens with two attached hydrogens (primary N) is 1. The highest BCUT2D eigenvalue weighted by molar-refractivity contribution is 5.82. The van der Waals surface area contributed by atoms with Crippen molar-refractivity contribution < 1.29 is 20.9 Å². The first-order valence-corrected chi connectivity index (χ1v) is 11.0. The van der Waals surface area contributed by atoms with Crippen LogP contribution in [0.5, 0.6) is 0 Å². The molecule has 0 aromatic carbocycles. The number of carbonyl (C=O) groups excluding carboxylic acids is 2. The molecule has 2 fully saturated rings. The molecule has 2 saturated carbocycles. The molecule has 2 rings (SSSR count). The van der Waals surface area contributed by atoms with E-state index in [0.29, 0.717) is 30.8 Å². The van der Waals surface area contributed by atoms with Gasteiger partial charge >= 0.3 is 0 Å². The van der Waals surface area contributed by atoms with Crippen LogP contribution >= 0.6 is 0 Å². The Balaban J connectivity index is 0. The largest absolute Gasteiger partial charge is 0.397 e. The van der Waals surface area contributed by atoms with Crippen LogP contribution in [0.25, 0.3) is 0 Å². The van der Waals surface area contributed by atoms with E-state index < -0.39 is 0 Å². The topological polar surface area (TPSA) is 89.6 Å². The third kappa shape index (κ3) is 14.7. The molecule has 162 valence electrons. The van der Waals surface area contributed by atoms with Gasteiger partial charge in [0.2, 0.25) is 5.91 Å². The number of carbonyl (C=O) groups is 2. The number of amides is 1. The Hall–Kier alpha value is -0.940. The summed E-state index contributed by atoms with van der Waals surface area (Å²) in [6, 6.07) is 0. The first kappa shape index (κ1) is 26.1. The average Bonchev–Trinajstić information content (AvgIpc) is 2.67. The number of aliphatic hydroxyl groups is 1. The molecule has 3 N–H and O–H groups in total. The Bertz CT molecular complexity index is 379. The maximum Gasteiger partial charge on any atom is 0.217 e. The lowest BCUT2D eigenvalue weighted by atomic mass is 9.83. The molecule has 0 bridgehead atoms. The Morgan fingerprint density at radius 3 is 1.96 bits per heavy atom. The maximum atomic E-state index is 11.5. The quantitative estimate of drug-likeness (QED) is 0.623. The zero-order chi connectivity index (χ0) is 20.5. The summed E-state index contributed by atoms with van der Waals surface area (Å²) in [5, 5.41) is 7.57. The number of ketones is 1. The lowest BCUT2D eigenvalue weighted by Crippen LogP contribution is -2.21. The SMILES string of the molecule is CC(C)C(=O)C1CCCCC1.CCO.NC(=O)CCCOC1CCCCC1.[HH]. The minimum absolute atomic E-state index is 0. The summed E-state index contributed by atoms with van der Waals surface area (Å²) in [6.07, 6.45) is 14.2. The highest BCUT2D eigenvalue weighted by atomic mass is 16.5. The second-order valence-electron chi connectivity index (χ2n) is 7.91. The van der Waals surface area contributed by atoms with Gasteiger partial charge in [-0.05, 0) is 39.0 Å². The van der Waals surface area contributed by atoms with Crippen molar-refractivity contribution >= 4 is 11.7 Å². The van der Waals surface area contributed by atoms with Crippen LogP contribution in [0.2, 0.25) is 0 Å². The number of hydrogen-bond donors (Lipinski definition) is 2. The number of aliphatic hydroxyl groups excluding tert-OH is 1. The maximum absolute atomic E-state index is 11.5. The molecule has 0 radical (unpaired) electrons. The van der Waals surface area contributed by atoms with Crippen LogP contribution in [-0.4, -0.2) is 36.1 Å². The van der Waals surface area contributed by atoms with Crippen LogP contribution in [0.4, 0.5) is 0 Å². The number of ether oxygens (including phenoxy) is 1. The van der Waals surface area contributed by atoms with Crippen LogP contribution in [0.3, 0.4) is 0 Å². The summed E-state index contributed by atoms with van der Waals surface area (Å²) in [4.78, 5) is 21.9. The van der Waals surface area contributed by atoms with Crippen LogP contribution in [0.15, 0.2) is 0 Å². The summed E-state index contributed by atoms with van der Waals surface area (Å²) in [5.41, 5.74) is 5.02. The van der Waals surface area contributed by atoms with Gasteiger partial charge in [0, 0.05) is 32.9 Å². The van der Waals surface area contributed by atoms with Gasteiger partial charge in [0.25, 0.3) is 0 Å². The van der Waals surface area contributed by atoms with E-state index in [1.165, 1.54) is 51.4 Å². The van der Waals surface area contributed by atoms with E-state index in [-0.39, 0.29) is 19.9 Å². The van der Waals surface area contributed by atoms with Crippen molar-refractivity contribution in [3.63, 3.8) is 0 Å². The van der Waals surface area contributed by atoms with Gasteiger partial charge in [-0.15, -0.1) is 0 Å². The zero-order valence-corrected chi connectivity index (χ0v) is 17.9. The number of Topliss-reactive ketones (excluding diaryl/α,β-unsaturated/α-hetero) is 1. The van der Waals surface area contributed by atoms with Crippen LogP contribution in [-0.2, 0) is 14.3 Å². The van der Waals surface area contributed by atoms with E-state index in [1.54, 1.807) is 6.92 Å². The molecule has 0 unspecified atom stereocenters. The predicted octanol–water partition coefficient (Wildman–Crippen LogP) is 4.64. The van der Waals surface area contributed by atoms with Crippen LogP contribution in [0.1, 0.15) is 99.2 Å². The highest BCUT2D eigenvalue weighted by Crippen LogP contribution is 2.26. The molecule has 0 heterocycles. The van der Waals surface area contributed by atoms with Gasteiger partial charge < -0.3 is 15.6 Å². The number of rotatable bonds is 7. The third-order valence-corrected chi connectivity index (χ3v) is 5.05. The molecule has 0 atom stereocenters. The van der Waals surface area contributed by atoms with Gasteiger partial charge in [-0.2, -0.15) is 0 Å². The van der Waals surface area contributed by atoms with E-state index >= 15 is 0 Å². The summed E-state index contributed by atoms with van der Waals surface area (Å²) in [7, 11) is 0. The fraction of sp³-hybridized carbons (Fsp3) is 0.909. The lowest BCUT2D eigenvalue weighted by molar-refractivity contribution is -0.126. The zero-order valence-electron chi connectivity index (χ0n) is 17.9. The first-order valence-electron chi connectivity index (χ1n) is 11.0. The molecule has 2 aliphatic carbocycles. The highest BCUT2D eigenvalue weighted by Gasteiger charge is 2.22. The molecular formula is C22H45NO4. The van der Waals surface area contributed by atoms with Crippen LogP contribution in [0, 0.1) is 11.8 Å². The Morgan fingerprint density at radius 2 is 1.52 bits per heavy atom. The van der Waals surface area contributed by atoms with Crippen molar-refractivity contribution in [1.29, 1.82) is 0 Å². The summed E-state index contributed by atoms with van der Waals surface area (Å²) >= 11 is 0. The molecule has 2 aliphatic rings. The minimum Gasteiger partial charge on any atom is -0.397 e. The van der Waals surface area contributed by atoms with Gasteiger partial charge in [0.05, 0.1) is 6.10 Å². The average molecular weight is 388 g/mol. The number of hydrogen-bond acceptors (Lipinski definition) is 4. The van der Waals surface area contributed by atoms with E-state index in [4.69, 9.17) is 15.6 Å². The molecular weight excluding hydrogens is 342 g/mol. The van der Waals surface area contributed by atoms with Gasteiger partial charge in [-0.25, -0.2) is 0 Å². The fourth-order valence-corrected chi connectivity index (χ4v) is 3.59. The summed E-state index contributed by atoms with van der Waals surface area (Å²) in [5.74, 6) is 0.916. The van der Waals surface area contributed by atoms with Gasteiger partial charge in [0.15, 0.2) is 0 Å². The van der Waals surface area contributed by atoms with E-state index in [9.17, 15) is 9.59 Å². The van der Waals surface area contributed by atoms with Crippen LogP contribution < -0.4 is 5.73 Å². The summed E-state index contributed by atoms with van der Waals surface area (Å²) < 4.78 is 5.63. The predicted molar refractivity (Wildman–Crippen MR) is 113 cm³/mol. The van der Waals surface area contributed by atoms with Gasteiger partial charge in [-0.3, -0.25) is 9.59 Å². The van der Waals surface area contributed by atoms with Gasteiger partial charge in [-0.1, -0.05) is 52.4 Å². The Kier molecular flexibility index (Phi) is 16.6. The van der Waals surface area contributed by atoms with Gasteiger partial charge in [0.1, 0.15) is 5.78 Å². The third-order valence-electron chi connectivity index (χ3n) is 5.05. The Labute approximate surface area is 167 Å².